The van der Waals surface area contributed by atoms with Crippen LogP contribution < -0.4 is 10.6 Å². The first-order valence-corrected chi connectivity index (χ1v) is 11.7. The Morgan fingerprint density at radius 3 is 2.53 bits per heavy atom. The molecule has 164 valence electrons. The topological polar surface area (TPSA) is 109 Å². The molecule has 2 aromatic rings. The maximum Gasteiger partial charge on any atom is 0.262 e. The van der Waals surface area contributed by atoms with E-state index < -0.39 is 10.0 Å². The van der Waals surface area contributed by atoms with E-state index in [0.717, 1.165) is 24.3 Å². The quantitative estimate of drug-likeness (QED) is 0.609. The molecule has 0 aromatic carbocycles. The van der Waals surface area contributed by atoms with Crippen LogP contribution in [0.3, 0.4) is 0 Å². The molecule has 0 atom stereocenters. The molecule has 10 heteroatoms. The summed E-state index contributed by atoms with van der Waals surface area (Å²) in [5.74, 6) is 1.31. The Morgan fingerprint density at radius 2 is 1.93 bits per heavy atom. The number of aromatic nitrogens is 3. The number of nitrogens with zero attached hydrogens (tertiary/aromatic N) is 4. The smallest absolute Gasteiger partial charge is 0.262 e. The highest BCUT2D eigenvalue weighted by Crippen LogP contribution is 2.23. The molecule has 2 N–H and O–H groups in total. The largest absolute Gasteiger partial charge is 0.370 e. The Balaban J connectivity index is 1.39. The first-order valence-electron chi connectivity index (χ1n) is 10.2. The number of aryl methyl sites for hydroxylation is 3. The highest BCUT2D eigenvalue weighted by molar-refractivity contribution is 7.89. The predicted octanol–water partition coefficient (Wildman–Crippen LogP) is 1.45. The van der Waals surface area contributed by atoms with Gasteiger partial charge >= 0.3 is 0 Å². The van der Waals surface area contributed by atoms with Crippen molar-refractivity contribution in [1.82, 2.24) is 24.2 Å². The van der Waals surface area contributed by atoms with Gasteiger partial charge in [0, 0.05) is 51.5 Å². The number of imidazole rings is 1. The maximum absolute atomic E-state index is 12.7. The van der Waals surface area contributed by atoms with Crippen molar-refractivity contribution >= 4 is 21.7 Å². The van der Waals surface area contributed by atoms with E-state index in [1.54, 1.807) is 18.5 Å². The molecule has 0 unspecified atom stereocenters. The third-order valence-corrected chi connectivity index (χ3v) is 7.16. The van der Waals surface area contributed by atoms with Crippen molar-refractivity contribution in [1.29, 1.82) is 0 Å². The number of piperidine rings is 1. The van der Waals surface area contributed by atoms with Crippen molar-refractivity contribution < 1.29 is 13.2 Å². The van der Waals surface area contributed by atoms with Crippen LogP contribution in [0, 0.1) is 19.8 Å². The molecule has 0 radical (unpaired) electrons. The zero-order valence-corrected chi connectivity index (χ0v) is 18.6. The van der Waals surface area contributed by atoms with Crippen LogP contribution in [-0.2, 0) is 21.9 Å². The van der Waals surface area contributed by atoms with Gasteiger partial charge in [0.1, 0.15) is 11.6 Å². The lowest BCUT2D eigenvalue weighted by Gasteiger charge is -2.29. The summed E-state index contributed by atoms with van der Waals surface area (Å²) in [6.07, 6.45) is 5.16. The number of sulfonamides is 1. The first kappa shape index (κ1) is 22.2. The van der Waals surface area contributed by atoms with Gasteiger partial charge in [-0.1, -0.05) is 6.07 Å². The molecule has 0 bridgehead atoms. The molecule has 3 rings (SSSR count). The number of rotatable bonds is 8. The molecule has 1 aliphatic rings. The molecule has 3 heterocycles. The van der Waals surface area contributed by atoms with Crippen LogP contribution in [0.5, 0.6) is 0 Å². The second-order valence-electron chi connectivity index (χ2n) is 7.71. The third-order valence-electron chi connectivity index (χ3n) is 5.39. The second kappa shape index (κ2) is 9.57. The molecule has 30 heavy (non-hydrogen) atoms. The molecule has 0 saturated carbocycles. The van der Waals surface area contributed by atoms with Crippen molar-refractivity contribution in [3.8, 4) is 0 Å². The molecule has 9 nitrogen and oxygen atoms in total. The van der Waals surface area contributed by atoms with Crippen molar-refractivity contribution in [2.45, 2.75) is 38.1 Å². The predicted molar refractivity (Wildman–Crippen MR) is 115 cm³/mol. The zero-order chi connectivity index (χ0) is 21.7. The minimum absolute atomic E-state index is 0.00538. The molecule has 1 amide bonds. The number of hydrogen-bond donors (Lipinski definition) is 2. The highest BCUT2D eigenvalue weighted by atomic mass is 32.2. The standard InChI is InChI=1S/C20H30N6O3S/c1-15-5-6-18(23-13-15)21-9-4-10-22-20(27)17-7-11-26(12-8-17)30(28,29)19-14-25(3)16(2)24-19/h5-6,13-14,17H,4,7-12H2,1-3H3,(H,21,23)(H,22,27). The Bertz CT molecular complexity index is 943. The summed E-state index contributed by atoms with van der Waals surface area (Å²) in [6, 6.07) is 3.93. The number of pyridine rings is 1. The van der Waals surface area contributed by atoms with Crippen LogP contribution in [0.15, 0.2) is 29.6 Å². The van der Waals surface area contributed by atoms with E-state index >= 15 is 0 Å². The second-order valence-corrected chi connectivity index (χ2v) is 9.59. The lowest BCUT2D eigenvalue weighted by Crippen LogP contribution is -2.43. The van der Waals surface area contributed by atoms with E-state index in [0.29, 0.717) is 38.3 Å². The van der Waals surface area contributed by atoms with Crippen molar-refractivity contribution in [2.75, 3.05) is 31.5 Å². The summed E-state index contributed by atoms with van der Waals surface area (Å²) < 4.78 is 28.6. The lowest BCUT2D eigenvalue weighted by molar-refractivity contribution is -0.126. The zero-order valence-electron chi connectivity index (χ0n) is 17.8. The molecular formula is C20H30N6O3S. The number of nitrogens with one attached hydrogen (secondary N) is 2. The Hall–Kier alpha value is -2.46. The van der Waals surface area contributed by atoms with E-state index in [1.165, 1.54) is 10.5 Å². The number of carbonyl (C=O) groups is 1. The summed E-state index contributed by atoms with van der Waals surface area (Å²) in [5, 5.41) is 6.26. The van der Waals surface area contributed by atoms with Gasteiger partial charge < -0.3 is 15.2 Å². The summed E-state index contributed by atoms with van der Waals surface area (Å²) in [5.41, 5.74) is 1.11. The number of carbonyl (C=O) groups excluding carboxylic acids is 1. The van der Waals surface area contributed by atoms with Gasteiger partial charge in [-0.05, 0) is 44.7 Å². The summed E-state index contributed by atoms with van der Waals surface area (Å²) in [7, 11) is -1.84. The molecule has 1 aliphatic heterocycles. The van der Waals surface area contributed by atoms with Gasteiger partial charge in [-0.25, -0.2) is 18.4 Å². The molecule has 1 saturated heterocycles. The number of amides is 1. The first-order chi connectivity index (χ1) is 14.3. The number of hydrogen-bond acceptors (Lipinski definition) is 6. The van der Waals surface area contributed by atoms with Gasteiger partial charge in [0.2, 0.25) is 5.91 Å². The van der Waals surface area contributed by atoms with Gasteiger partial charge in [-0.15, -0.1) is 0 Å². The van der Waals surface area contributed by atoms with E-state index in [-0.39, 0.29) is 16.9 Å². The molecule has 2 aromatic heterocycles. The fourth-order valence-corrected chi connectivity index (χ4v) is 4.87. The van der Waals surface area contributed by atoms with Gasteiger partial charge in [-0.3, -0.25) is 4.79 Å². The average molecular weight is 435 g/mol. The third kappa shape index (κ3) is 5.37. The van der Waals surface area contributed by atoms with Crippen LogP contribution in [0.2, 0.25) is 0 Å². The SMILES string of the molecule is Cc1ccc(NCCCNC(=O)C2CCN(S(=O)(=O)c3cn(C)c(C)n3)CC2)nc1. The van der Waals surface area contributed by atoms with Crippen molar-refractivity contribution in [2.24, 2.45) is 13.0 Å². The summed E-state index contributed by atoms with van der Waals surface area (Å²) >= 11 is 0. The lowest BCUT2D eigenvalue weighted by atomic mass is 9.97. The van der Waals surface area contributed by atoms with Gasteiger partial charge in [0.05, 0.1) is 0 Å². The van der Waals surface area contributed by atoms with E-state index in [9.17, 15) is 13.2 Å². The van der Waals surface area contributed by atoms with Crippen LogP contribution in [0.25, 0.3) is 0 Å². The summed E-state index contributed by atoms with van der Waals surface area (Å²) in [4.78, 5) is 20.8. The molecule has 1 fully saturated rings. The molecule has 0 aliphatic carbocycles. The Morgan fingerprint density at radius 1 is 1.20 bits per heavy atom. The Labute approximate surface area is 178 Å². The van der Waals surface area contributed by atoms with Crippen LogP contribution >= 0.6 is 0 Å². The minimum Gasteiger partial charge on any atom is -0.370 e. The van der Waals surface area contributed by atoms with Crippen molar-refractivity contribution in [3.63, 3.8) is 0 Å². The Kier molecular flexibility index (Phi) is 7.09. The van der Waals surface area contributed by atoms with E-state index in [2.05, 4.69) is 20.6 Å². The number of anilines is 1. The van der Waals surface area contributed by atoms with E-state index in [4.69, 9.17) is 0 Å². The van der Waals surface area contributed by atoms with Gasteiger partial charge in [0.25, 0.3) is 10.0 Å². The average Bonchev–Trinajstić information content (AvgIpc) is 3.08. The van der Waals surface area contributed by atoms with Crippen LogP contribution in [-0.4, -0.2) is 59.3 Å². The fraction of sp³-hybridized carbons (Fsp3) is 0.550. The van der Waals surface area contributed by atoms with Crippen LogP contribution in [0.4, 0.5) is 5.82 Å². The van der Waals surface area contributed by atoms with Crippen molar-refractivity contribution in [3.05, 3.63) is 35.9 Å². The maximum atomic E-state index is 12.7. The minimum atomic E-state index is -3.61. The summed E-state index contributed by atoms with van der Waals surface area (Å²) in [6.45, 7) is 5.71. The normalized spacial score (nSPS) is 15.8. The molecule has 0 spiro atoms. The molecular weight excluding hydrogens is 404 g/mol. The van der Waals surface area contributed by atoms with Crippen LogP contribution in [0.1, 0.15) is 30.7 Å². The van der Waals surface area contributed by atoms with E-state index in [1.807, 2.05) is 25.3 Å². The van der Waals surface area contributed by atoms with Gasteiger partial charge in [0.15, 0.2) is 5.03 Å². The highest BCUT2D eigenvalue weighted by Gasteiger charge is 2.33. The fourth-order valence-electron chi connectivity index (χ4n) is 3.37. The van der Waals surface area contributed by atoms with Gasteiger partial charge in [-0.2, -0.15) is 4.31 Å². The monoisotopic (exact) mass is 434 g/mol.